The molecule has 0 radical (unpaired) electrons. The maximum Gasteiger partial charge on any atom is 0.336 e. The predicted octanol–water partition coefficient (Wildman–Crippen LogP) is 5.46. The van der Waals surface area contributed by atoms with E-state index in [4.69, 9.17) is 4.98 Å². The van der Waals surface area contributed by atoms with E-state index in [1.807, 2.05) is 25.1 Å². The van der Waals surface area contributed by atoms with Crippen molar-refractivity contribution in [2.75, 3.05) is 0 Å². The minimum Gasteiger partial charge on any atom is -0.478 e. The molecule has 1 heterocycles. The van der Waals surface area contributed by atoms with Crippen LogP contribution in [0.5, 0.6) is 0 Å². The Kier molecular flexibility index (Phi) is 5.49. The Morgan fingerprint density at radius 1 is 0.958 bits per heavy atom. The average Bonchev–Trinajstić information content (AvgIpc) is 2.54. The smallest absolute Gasteiger partial charge is 0.336 e. The number of rotatable bonds is 1. The lowest BCUT2D eigenvalue weighted by molar-refractivity contribution is 0.0697. The van der Waals surface area contributed by atoms with Crippen molar-refractivity contribution in [2.24, 2.45) is 0 Å². The molecule has 3 heteroatoms. The van der Waals surface area contributed by atoms with Crippen LogP contribution in [-0.4, -0.2) is 16.1 Å². The molecule has 0 atom stereocenters. The van der Waals surface area contributed by atoms with E-state index in [0.717, 1.165) is 53.4 Å². The minimum atomic E-state index is -0.809. The summed E-state index contributed by atoms with van der Waals surface area (Å²) in [6.07, 6.45) is 11.5. The number of fused-ring (bicyclic) bond motifs is 2. The highest BCUT2D eigenvalue weighted by atomic mass is 16.4. The zero-order valence-corrected chi connectivity index (χ0v) is 14.6. The van der Waals surface area contributed by atoms with Gasteiger partial charge in [0.2, 0.25) is 0 Å². The first-order valence-electron chi connectivity index (χ1n) is 9.32. The van der Waals surface area contributed by atoms with E-state index in [9.17, 15) is 9.90 Å². The van der Waals surface area contributed by atoms with Crippen molar-refractivity contribution in [2.45, 2.75) is 71.1 Å². The summed E-state index contributed by atoms with van der Waals surface area (Å²) in [7, 11) is 0. The first kappa shape index (κ1) is 16.9. The molecule has 2 aromatic rings. The maximum absolute atomic E-state index is 12.0. The fraction of sp³-hybridized carbons (Fsp3) is 0.524. The zero-order valence-electron chi connectivity index (χ0n) is 14.6. The van der Waals surface area contributed by atoms with Crippen molar-refractivity contribution in [1.29, 1.82) is 0 Å². The van der Waals surface area contributed by atoms with Gasteiger partial charge in [-0.2, -0.15) is 0 Å². The lowest BCUT2D eigenvalue weighted by atomic mass is 9.92. The number of hydrogen-bond acceptors (Lipinski definition) is 2. The summed E-state index contributed by atoms with van der Waals surface area (Å²) in [6, 6.07) is 5.96. The van der Waals surface area contributed by atoms with Gasteiger partial charge >= 0.3 is 5.97 Å². The number of aryl methyl sites for hydroxylation is 2. The van der Waals surface area contributed by atoms with Crippen LogP contribution in [0, 0.1) is 6.92 Å². The number of hydrogen-bond donors (Lipinski definition) is 1. The van der Waals surface area contributed by atoms with Crippen LogP contribution in [0.3, 0.4) is 0 Å². The molecule has 0 aliphatic heterocycles. The molecule has 1 aliphatic carbocycles. The van der Waals surface area contributed by atoms with Gasteiger partial charge in [0, 0.05) is 11.1 Å². The van der Waals surface area contributed by atoms with Gasteiger partial charge < -0.3 is 5.11 Å². The average molecular weight is 325 g/mol. The van der Waals surface area contributed by atoms with Crippen molar-refractivity contribution in [3.05, 3.63) is 40.6 Å². The number of benzene rings is 1. The molecule has 3 rings (SSSR count). The number of nitrogens with zero attached hydrogens (tertiary/aromatic N) is 1. The Bertz CT molecular complexity index is 736. The van der Waals surface area contributed by atoms with Crippen LogP contribution < -0.4 is 0 Å². The molecule has 1 aromatic heterocycles. The molecular formula is C21H27NO2. The number of aromatic carboxylic acids is 1. The fourth-order valence-corrected chi connectivity index (χ4v) is 3.84. The van der Waals surface area contributed by atoms with Crippen LogP contribution in [0.15, 0.2) is 18.2 Å². The molecule has 24 heavy (non-hydrogen) atoms. The van der Waals surface area contributed by atoms with E-state index in [1.54, 1.807) is 0 Å². The van der Waals surface area contributed by atoms with E-state index in [2.05, 4.69) is 0 Å². The van der Waals surface area contributed by atoms with Gasteiger partial charge in [-0.05, 0) is 50.3 Å². The molecule has 1 aromatic carbocycles. The van der Waals surface area contributed by atoms with Gasteiger partial charge in [0.05, 0.1) is 11.1 Å². The summed E-state index contributed by atoms with van der Waals surface area (Å²) in [5.41, 5.74) is 4.41. The van der Waals surface area contributed by atoms with E-state index in [-0.39, 0.29) is 0 Å². The summed E-state index contributed by atoms with van der Waals surface area (Å²) >= 11 is 0. The first-order valence-corrected chi connectivity index (χ1v) is 9.32. The third kappa shape index (κ3) is 3.77. The number of pyridine rings is 1. The molecule has 3 nitrogen and oxygen atoms in total. The highest BCUT2D eigenvalue weighted by molar-refractivity contribution is 6.04. The van der Waals surface area contributed by atoms with Crippen molar-refractivity contribution in [3.8, 4) is 0 Å². The quantitative estimate of drug-likeness (QED) is 0.757. The van der Waals surface area contributed by atoms with Crippen molar-refractivity contribution < 1.29 is 9.90 Å². The Labute approximate surface area is 144 Å². The van der Waals surface area contributed by atoms with E-state index in [0.29, 0.717) is 5.56 Å². The summed E-state index contributed by atoms with van der Waals surface area (Å²) in [4.78, 5) is 16.9. The van der Waals surface area contributed by atoms with Gasteiger partial charge in [-0.3, -0.25) is 4.98 Å². The van der Waals surface area contributed by atoms with Crippen LogP contribution in [-0.2, 0) is 12.8 Å². The lowest BCUT2D eigenvalue weighted by Gasteiger charge is -2.16. The van der Waals surface area contributed by atoms with Gasteiger partial charge in [-0.25, -0.2) is 4.79 Å². The number of carbonyl (C=O) groups is 1. The Hall–Kier alpha value is -1.90. The van der Waals surface area contributed by atoms with Gasteiger partial charge in [-0.1, -0.05) is 50.2 Å². The molecule has 0 saturated carbocycles. The molecule has 0 bridgehead atoms. The number of carboxylic acids is 1. The normalized spacial score (nSPS) is 16.9. The second-order valence-corrected chi connectivity index (χ2v) is 7.07. The molecule has 0 fully saturated rings. The van der Waals surface area contributed by atoms with Gasteiger partial charge in [-0.15, -0.1) is 0 Å². The van der Waals surface area contributed by atoms with Gasteiger partial charge in [0.1, 0.15) is 0 Å². The van der Waals surface area contributed by atoms with E-state index >= 15 is 0 Å². The molecule has 0 amide bonds. The highest BCUT2D eigenvalue weighted by Crippen LogP contribution is 2.28. The maximum atomic E-state index is 12.0. The summed E-state index contributed by atoms with van der Waals surface area (Å²) in [5.74, 6) is -0.809. The first-order chi connectivity index (χ1) is 11.7. The summed E-state index contributed by atoms with van der Waals surface area (Å²) in [6.45, 7) is 2.00. The van der Waals surface area contributed by atoms with Gasteiger partial charge in [0.25, 0.3) is 0 Å². The standard InChI is InChI=1S/C21H27NO2/c1-15-12-13-19-17(14-15)20(21(23)24)16-10-8-6-4-2-3-5-7-9-11-18(16)22-19/h12-14H,2-11H2,1H3,(H,23,24). The Morgan fingerprint density at radius 3 is 2.25 bits per heavy atom. The van der Waals surface area contributed by atoms with E-state index < -0.39 is 5.97 Å². The van der Waals surface area contributed by atoms with Crippen molar-refractivity contribution in [1.82, 2.24) is 4.98 Å². The third-order valence-corrected chi connectivity index (χ3v) is 5.13. The largest absolute Gasteiger partial charge is 0.478 e. The molecule has 128 valence electrons. The Morgan fingerprint density at radius 2 is 1.58 bits per heavy atom. The molecule has 1 N–H and O–H groups in total. The van der Waals surface area contributed by atoms with Gasteiger partial charge in [0.15, 0.2) is 0 Å². The minimum absolute atomic E-state index is 0.496. The monoisotopic (exact) mass is 325 g/mol. The van der Waals surface area contributed by atoms with Crippen LogP contribution in [0.2, 0.25) is 0 Å². The third-order valence-electron chi connectivity index (χ3n) is 5.13. The van der Waals surface area contributed by atoms with Crippen LogP contribution in [0.1, 0.15) is 78.5 Å². The summed E-state index contributed by atoms with van der Waals surface area (Å²) in [5, 5.41) is 10.7. The fourth-order valence-electron chi connectivity index (χ4n) is 3.84. The van der Waals surface area contributed by atoms with Crippen LogP contribution >= 0.6 is 0 Å². The van der Waals surface area contributed by atoms with Crippen molar-refractivity contribution >= 4 is 16.9 Å². The van der Waals surface area contributed by atoms with Crippen molar-refractivity contribution in [3.63, 3.8) is 0 Å². The molecule has 1 aliphatic rings. The molecule has 0 spiro atoms. The predicted molar refractivity (Wildman–Crippen MR) is 97.8 cm³/mol. The SMILES string of the molecule is Cc1ccc2nc3c(c(C(=O)O)c2c1)CCCCCCCCCC3. The highest BCUT2D eigenvalue weighted by Gasteiger charge is 2.20. The molecule has 0 unspecified atom stereocenters. The molecule has 0 saturated heterocycles. The molecular weight excluding hydrogens is 298 g/mol. The second kappa shape index (κ2) is 7.78. The number of carboxylic acid groups (broad SMARTS) is 1. The Balaban J connectivity index is 2.10. The second-order valence-electron chi connectivity index (χ2n) is 7.07. The van der Waals surface area contributed by atoms with E-state index in [1.165, 1.54) is 38.5 Å². The summed E-state index contributed by atoms with van der Waals surface area (Å²) < 4.78 is 0. The van der Waals surface area contributed by atoms with Crippen LogP contribution in [0.25, 0.3) is 10.9 Å². The zero-order chi connectivity index (χ0) is 16.9. The lowest BCUT2D eigenvalue weighted by Crippen LogP contribution is -2.10. The number of aromatic nitrogens is 1. The topological polar surface area (TPSA) is 50.2 Å². The van der Waals surface area contributed by atoms with Crippen LogP contribution in [0.4, 0.5) is 0 Å².